The lowest BCUT2D eigenvalue weighted by Gasteiger charge is -2.19. The first-order valence-corrected chi connectivity index (χ1v) is 25.1. The number of amides is 4. The van der Waals surface area contributed by atoms with E-state index in [1.807, 2.05) is 125 Å². The highest BCUT2D eigenvalue weighted by molar-refractivity contribution is 5.90. The number of primary amides is 2. The van der Waals surface area contributed by atoms with Crippen molar-refractivity contribution in [3.63, 3.8) is 0 Å². The summed E-state index contributed by atoms with van der Waals surface area (Å²) in [6, 6.07) is 36.3. The zero-order valence-electron chi connectivity index (χ0n) is 44.1. The summed E-state index contributed by atoms with van der Waals surface area (Å²) >= 11 is 0. The fourth-order valence-corrected chi connectivity index (χ4v) is 8.19. The number of benzene rings is 6. The van der Waals surface area contributed by atoms with E-state index >= 15 is 0 Å². The number of carbonyl (C=O) groups excluding carboxylic acids is 4. The van der Waals surface area contributed by atoms with E-state index in [0.717, 1.165) is 91.5 Å². The maximum atomic E-state index is 12.7. The summed E-state index contributed by atoms with van der Waals surface area (Å²) in [5, 5.41) is 5.35. The van der Waals surface area contributed by atoms with Crippen LogP contribution < -0.4 is 52.5 Å². The minimum Gasteiger partial charge on any atom is -0.496 e. The standard InChI is InChI=1S/2C30H37N3O4/c2*1-5-21-11-14-24(28(18-21)36-4)23-12-9-22(10-13-23)17-25(31)30(35)33-26(29(32)34)15-16-37-27-8-6-7-19(2)20(27)3/h2*6-14,18,25-26H,5,15-17,31H2,1-4H3,(H2,32,34)(H,33,35)/t25-,26+;25-,26-/m00/s1. The molecule has 0 aliphatic heterocycles. The molecule has 4 atom stereocenters. The summed E-state index contributed by atoms with van der Waals surface area (Å²) in [4.78, 5) is 49.3. The first kappa shape index (κ1) is 57.2. The van der Waals surface area contributed by atoms with Gasteiger partial charge in [-0.15, -0.1) is 0 Å². The number of methoxy groups -OCH3 is 2. The molecule has 0 heterocycles. The average Bonchev–Trinajstić information content (AvgIpc) is 3.40. The van der Waals surface area contributed by atoms with Gasteiger partial charge < -0.3 is 52.5 Å². The van der Waals surface area contributed by atoms with Crippen LogP contribution >= 0.6 is 0 Å². The Morgan fingerprint density at radius 2 is 0.838 bits per heavy atom. The summed E-state index contributed by atoms with van der Waals surface area (Å²) in [7, 11) is 3.33. The van der Waals surface area contributed by atoms with Gasteiger partial charge in [-0.25, -0.2) is 0 Å². The lowest BCUT2D eigenvalue weighted by molar-refractivity contribution is -0.128. The molecule has 0 aliphatic carbocycles. The maximum Gasteiger partial charge on any atom is 0.240 e. The van der Waals surface area contributed by atoms with Crippen LogP contribution in [0.5, 0.6) is 23.0 Å². The van der Waals surface area contributed by atoms with Crippen LogP contribution in [0.1, 0.15) is 71.2 Å². The fourth-order valence-electron chi connectivity index (χ4n) is 8.19. The Kier molecular flexibility index (Phi) is 21.6. The zero-order chi connectivity index (χ0) is 53.9. The molecule has 0 unspecified atom stereocenters. The minimum atomic E-state index is -0.871. The van der Waals surface area contributed by atoms with Crippen LogP contribution in [0.25, 0.3) is 22.3 Å². The Morgan fingerprint density at radius 3 is 1.16 bits per heavy atom. The molecule has 6 aromatic rings. The third kappa shape index (κ3) is 16.2. The molecule has 392 valence electrons. The number of hydrogen-bond donors (Lipinski definition) is 6. The number of nitrogens with two attached hydrogens (primary N) is 4. The number of aryl methyl sites for hydroxylation is 4. The zero-order valence-corrected chi connectivity index (χ0v) is 44.1. The first-order valence-electron chi connectivity index (χ1n) is 25.1. The van der Waals surface area contributed by atoms with Gasteiger partial charge in [0.25, 0.3) is 0 Å². The molecular formula is C60H74N6O8. The first-order chi connectivity index (χ1) is 35.5. The Balaban J connectivity index is 0.000000274. The largest absolute Gasteiger partial charge is 0.496 e. The summed E-state index contributed by atoms with van der Waals surface area (Å²) in [5.74, 6) is 1.01. The second kappa shape index (κ2) is 28.0. The van der Waals surface area contributed by atoms with Crippen molar-refractivity contribution in [2.45, 2.75) is 104 Å². The van der Waals surface area contributed by atoms with E-state index in [2.05, 4.69) is 48.7 Å². The molecule has 0 spiro atoms. The van der Waals surface area contributed by atoms with E-state index in [9.17, 15) is 19.2 Å². The number of hydrogen-bond acceptors (Lipinski definition) is 10. The SMILES string of the molecule is CCc1ccc(-c2ccc(C[C@H](N)C(=O)N[C@@H](CCOc3cccc(C)c3C)C(N)=O)cc2)c(OC)c1.CCc1ccc(-c2ccc(C[C@H](N)C(=O)N[C@H](CCOc3cccc(C)c3C)C(N)=O)cc2)c(OC)c1. The summed E-state index contributed by atoms with van der Waals surface area (Å²) in [6.07, 6.45) is 3.01. The van der Waals surface area contributed by atoms with Gasteiger partial charge in [-0.3, -0.25) is 19.2 Å². The predicted octanol–water partition coefficient (Wildman–Crippen LogP) is 7.70. The molecule has 0 saturated heterocycles. The lowest BCUT2D eigenvalue weighted by atomic mass is 9.98. The van der Waals surface area contributed by atoms with Crippen LogP contribution in [0.4, 0.5) is 0 Å². The van der Waals surface area contributed by atoms with Gasteiger partial charge in [0, 0.05) is 24.0 Å². The quantitative estimate of drug-likeness (QED) is 0.0346. The predicted molar refractivity (Wildman–Crippen MR) is 293 cm³/mol. The highest BCUT2D eigenvalue weighted by atomic mass is 16.5. The van der Waals surface area contributed by atoms with Crippen molar-refractivity contribution in [3.8, 4) is 45.3 Å². The van der Waals surface area contributed by atoms with E-state index in [4.69, 9.17) is 41.9 Å². The molecule has 14 nitrogen and oxygen atoms in total. The Morgan fingerprint density at radius 1 is 0.486 bits per heavy atom. The van der Waals surface area contributed by atoms with Crippen molar-refractivity contribution in [1.29, 1.82) is 0 Å². The summed E-state index contributed by atoms with van der Waals surface area (Å²) < 4.78 is 22.8. The van der Waals surface area contributed by atoms with Crippen LogP contribution in [0.3, 0.4) is 0 Å². The second-order valence-electron chi connectivity index (χ2n) is 18.4. The third-order valence-electron chi connectivity index (χ3n) is 13.2. The third-order valence-corrected chi connectivity index (χ3v) is 13.2. The molecule has 0 saturated carbocycles. The van der Waals surface area contributed by atoms with Gasteiger partial charge in [-0.2, -0.15) is 0 Å². The molecule has 0 radical (unpaired) electrons. The molecule has 6 aromatic carbocycles. The highest BCUT2D eigenvalue weighted by Gasteiger charge is 2.24. The van der Waals surface area contributed by atoms with Crippen molar-refractivity contribution in [2.24, 2.45) is 22.9 Å². The van der Waals surface area contributed by atoms with Crippen LogP contribution in [-0.4, -0.2) is 75.2 Å². The minimum absolute atomic E-state index is 0.234. The molecule has 0 aromatic heterocycles. The van der Waals surface area contributed by atoms with Gasteiger partial charge in [0.15, 0.2) is 0 Å². The van der Waals surface area contributed by atoms with Crippen LogP contribution in [0, 0.1) is 27.7 Å². The fraction of sp³-hybridized carbons (Fsp3) is 0.333. The topological polar surface area (TPSA) is 233 Å². The van der Waals surface area contributed by atoms with Crippen molar-refractivity contribution in [2.75, 3.05) is 27.4 Å². The van der Waals surface area contributed by atoms with Crippen molar-refractivity contribution in [3.05, 3.63) is 166 Å². The monoisotopic (exact) mass is 1010 g/mol. The van der Waals surface area contributed by atoms with E-state index in [-0.39, 0.29) is 26.1 Å². The lowest BCUT2D eigenvalue weighted by Crippen LogP contribution is -2.51. The molecule has 0 bridgehead atoms. The van der Waals surface area contributed by atoms with Crippen LogP contribution in [0.2, 0.25) is 0 Å². The molecule has 0 fully saturated rings. The molecule has 74 heavy (non-hydrogen) atoms. The molecule has 10 N–H and O–H groups in total. The number of nitrogens with one attached hydrogen (secondary N) is 2. The normalized spacial score (nSPS) is 12.5. The van der Waals surface area contributed by atoms with Gasteiger partial charge in [-0.05, 0) is 133 Å². The summed E-state index contributed by atoms with van der Waals surface area (Å²) in [5.41, 5.74) is 35.9. The Bertz CT molecular complexity index is 2640. The molecular weight excluding hydrogens is 933 g/mol. The average molecular weight is 1010 g/mol. The number of carbonyl (C=O) groups is 4. The van der Waals surface area contributed by atoms with Gasteiger partial charge in [-0.1, -0.05) is 111 Å². The van der Waals surface area contributed by atoms with E-state index in [0.29, 0.717) is 12.8 Å². The number of ether oxygens (including phenoxy) is 4. The molecule has 0 aliphatic rings. The van der Waals surface area contributed by atoms with Gasteiger partial charge in [0.1, 0.15) is 35.1 Å². The van der Waals surface area contributed by atoms with Crippen LogP contribution in [0.15, 0.2) is 121 Å². The Labute approximate surface area is 436 Å². The molecule has 14 heteroatoms. The van der Waals surface area contributed by atoms with Crippen molar-refractivity contribution in [1.82, 2.24) is 10.6 Å². The second-order valence-corrected chi connectivity index (χ2v) is 18.4. The highest BCUT2D eigenvalue weighted by Crippen LogP contribution is 2.33. The van der Waals surface area contributed by atoms with Crippen molar-refractivity contribution >= 4 is 23.6 Å². The smallest absolute Gasteiger partial charge is 0.240 e. The maximum absolute atomic E-state index is 12.7. The molecule has 4 amide bonds. The van der Waals surface area contributed by atoms with E-state index in [1.165, 1.54) is 11.1 Å². The number of rotatable bonds is 24. The van der Waals surface area contributed by atoms with Crippen LogP contribution in [-0.2, 0) is 44.9 Å². The summed E-state index contributed by atoms with van der Waals surface area (Å²) in [6.45, 7) is 12.6. The van der Waals surface area contributed by atoms with Gasteiger partial charge in [0.05, 0.1) is 39.5 Å². The Hall–Kier alpha value is -7.68. The van der Waals surface area contributed by atoms with Gasteiger partial charge >= 0.3 is 0 Å². The van der Waals surface area contributed by atoms with E-state index in [1.54, 1.807) is 14.2 Å². The van der Waals surface area contributed by atoms with Gasteiger partial charge in [0.2, 0.25) is 23.6 Å². The van der Waals surface area contributed by atoms with Crippen molar-refractivity contribution < 1.29 is 38.1 Å². The molecule has 6 rings (SSSR count). The van der Waals surface area contributed by atoms with E-state index < -0.39 is 47.8 Å².